The van der Waals surface area contributed by atoms with Crippen LogP contribution in [0.2, 0.25) is 0 Å². The molecule has 0 bridgehead atoms. The van der Waals surface area contributed by atoms with Crippen LogP contribution in [-0.2, 0) is 17.8 Å². The van der Waals surface area contributed by atoms with E-state index in [9.17, 15) is 9.59 Å². The number of para-hydroxylation sites is 1. The van der Waals surface area contributed by atoms with Crippen molar-refractivity contribution in [2.24, 2.45) is 0 Å². The number of nitrogens with zero attached hydrogens (tertiary/aromatic N) is 2. The van der Waals surface area contributed by atoms with Crippen molar-refractivity contribution < 1.29 is 4.79 Å². The summed E-state index contributed by atoms with van der Waals surface area (Å²) >= 11 is 0. The zero-order valence-electron chi connectivity index (χ0n) is 13.8. The number of aryl methyl sites for hydroxylation is 2. The van der Waals surface area contributed by atoms with E-state index >= 15 is 0 Å². The molecule has 1 N–H and O–H groups in total. The molecule has 2 aromatic carbocycles. The highest BCUT2D eigenvalue weighted by molar-refractivity contribution is 5.79. The van der Waals surface area contributed by atoms with Crippen molar-refractivity contribution in [2.45, 2.75) is 31.8 Å². The van der Waals surface area contributed by atoms with Gasteiger partial charge in [-0.1, -0.05) is 36.4 Å². The van der Waals surface area contributed by atoms with Gasteiger partial charge in [-0.15, -0.1) is 0 Å². The van der Waals surface area contributed by atoms with Crippen LogP contribution in [0.25, 0.3) is 10.9 Å². The van der Waals surface area contributed by atoms with E-state index in [-0.39, 0.29) is 17.4 Å². The second kappa shape index (κ2) is 6.51. The van der Waals surface area contributed by atoms with Gasteiger partial charge in [-0.3, -0.25) is 14.3 Å². The first-order valence-electron chi connectivity index (χ1n) is 8.54. The summed E-state index contributed by atoms with van der Waals surface area (Å²) in [6.07, 6.45) is 3.60. The van der Waals surface area contributed by atoms with Crippen molar-refractivity contribution in [2.75, 3.05) is 0 Å². The predicted molar refractivity (Wildman–Crippen MR) is 96.3 cm³/mol. The third-order valence-electron chi connectivity index (χ3n) is 4.78. The Hall–Kier alpha value is -2.95. The molecule has 1 unspecified atom stereocenters. The van der Waals surface area contributed by atoms with Crippen LogP contribution in [0, 0.1) is 0 Å². The van der Waals surface area contributed by atoms with Gasteiger partial charge in [0.25, 0.3) is 0 Å². The highest BCUT2D eigenvalue weighted by atomic mass is 16.1. The minimum Gasteiger partial charge on any atom is -0.349 e. The lowest BCUT2D eigenvalue weighted by Gasteiger charge is -2.15. The first kappa shape index (κ1) is 15.6. The number of hydrogen-bond acceptors (Lipinski definition) is 3. The number of nitrogens with one attached hydrogen (secondary N) is 1. The fourth-order valence-electron chi connectivity index (χ4n) is 3.52. The van der Waals surface area contributed by atoms with E-state index in [0.717, 1.165) is 18.4 Å². The molecule has 1 heterocycles. The van der Waals surface area contributed by atoms with Gasteiger partial charge in [0, 0.05) is 11.8 Å². The quantitative estimate of drug-likeness (QED) is 0.798. The molecule has 0 saturated heterocycles. The number of fused-ring (bicyclic) bond motifs is 2. The van der Waals surface area contributed by atoms with Crippen LogP contribution in [0.5, 0.6) is 0 Å². The van der Waals surface area contributed by atoms with Gasteiger partial charge in [0.15, 0.2) is 0 Å². The normalized spacial score (nSPS) is 15.9. The van der Waals surface area contributed by atoms with Crippen LogP contribution < -0.4 is 10.7 Å². The minimum absolute atomic E-state index is 0.00582. The average molecular weight is 333 g/mol. The van der Waals surface area contributed by atoms with Crippen molar-refractivity contribution in [1.29, 1.82) is 0 Å². The minimum atomic E-state index is -0.0983. The van der Waals surface area contributed by atoms with Crippen LogP contribution in [0.1, 0.15) is 30.0 Å². The van der Waals surface area contributed by atoms with E-state index in [4.69, 9.17) is 0 Å². The second-order valence-corrected chi connectivity index (χ2v) is 6.36. The number of amides is 1. The SMILES string of the molecule is O=C(CCn1ncc(=O)c2ccccc21)NC1CCc2ccccc21. The molecule has 4 rings (SSSR count). The molecule has 5 nitrogen and oxygen atoms in total. The number of carbonyl (C=O) groups excluding carboxylic acids is 1. The predicted octanol–water partition coefficient (Wildman–Crippen LogP) is 2.59. The number of benzene rings is 2. The van der Waals surface area contributed by atoms with Gasteiger partial charge < -0.3 is 5.32 Å². The molecule has 1 aliphatic rings. The molecule has 0 radical (unpaired) electrons. The summed E-state index contributed by atoms with van der Waals surface area (Å²) in [5.41, 5.74) is 3.21. The summed E-state index contributed by atoms with van der Waals surface area (Å²) < 4.78 is 1.72. The Balaban J connectivity index is 1.45. The maximum atomic E-state index is 12.4. The van der Waals surface area contributed by atoms with Crippen LogP contribution in [0.15, 0.2) is 59.5 Å². The third kappa shape index (κ3) is 3.05. The summed E-state index contributed by atoms with van der Waals surface area (Å²) in [6.45, 7) is 0.445. The van der Waals surface area contributed by atoms with Gasteiger partial charge in [-0.25, -0.2) is 0 Å². The van der Waals surface area contributed by atoms with Gasteiger partial charge in [-0.05, 0) is 36.1 Å². The molecule has 0 aliphatic heterocycles. The number of carbonyl (C=O) groups is 1. The molecule has 0 spiro atoms. The molecule has 126 valence electrons. The summed E-state index contributed by atoms with van der Waals surface area (Å²) in [4.78, 5) is 24.2. The summed E-state index contributed by atoms with van der Waals surface area (Å²) in [6, 6.07) is 15.7. The van der Waals surface area contributed by atoms with Crippen LogP contribution in [0.4, 0.5) is 0 Å². The fourth-order valence-corrected chi connectivity index (χ4v) is 3.52. The standard InChI is InChI=1S/C20H19N3O2/c24-19-13-21-23(18-8-4-3-7-16(18)19)12-11-20(25)22-17-10-9-14-5-1-2-6-15(14)17/h1-8,13,17H,9-12H2,(H,22,25). The average Bonchev–Trinajstić information content (AvgIpc) is 3.04. The van der Waals surface area contributed by atoms with Crippen molar-refractivity contribution in [3.63, 3.8) is 0 Å². The summed E-state index contributed by atoms with van der Waals surface area (Å²) in [5, 5.41) is 7.92. The van der Waals surface area contributed by atoms with E-state index in [0.29, 0.717) is 18.4 Å². The van der Waals surface area contributed by atoms with Gasteiger partial charge in [0.05, 0.1) is 24.3 Å². The zero-order chi connectivity index (χ0) is 17.2. The van der Waals surface area contributed by atoms with Crippen molar-refractivity contribution in [3.8, 4) is 0 Å². The van der Waals surface area contributed by atoms with Crippen LogP contribution in [0.3, 0.4) is 0 Å². The van der Waals surface area contributed by atoms with E-state index < -0.39 is 0 Å². The summed E-state index contributed by atoms with van der Waals surface area (Å²) in [7, 11) is 0. The molecule has 0 saturated carbocycles. The molecule has 25 heavy (non-hydrogen) atoms. The van der Waals surface area contributed by atoms with Gasteiger partial charge in [0.2, 0.25) is 11.3 Å². The highest BCUT2D eigenvalue weighted by Gasteiger charge is 2.23. The first-order valence-corrected chi connectivity index (χ1v) is 8.54. The highest BCUT2D eigenvalue weighted by Crippen LogP contribution is 2.30. The molecule has 1 atom stereocenters. The fraction of sp³-hybridized carbons (Fsp3) is 0.250. The lowest BCUT2D eigenvalue weighted by molar-refractivity contribution is -0.122. The molecule has 1 aromatic heterocycles. The van der Waals surface area contributed by atoms with Crippen LogP contribution >= 0.6 is 0 Å². The van der Waals surface area contributed by atoms with E-state index in [1.165, 1.54) is 17.3 Å². The van der Waals surface area contributed by atoms with Crippen LogP contribution in [-0.4, -0.2) is 15.7 Å². The molecule has 1 aliphatic carbocycles. The van der Waals surface area contributed by atoms with E-state index in [2.05, 4.69) is 22.5 Å². The number of hydrogen-bond donors (Lipinski definition) is 1. The number of aromatic nitrogens is 2. The van der Waals surface area contributed by atoms with Crippen molar-refractivity contribution in [3.05, 3.63) is 76.1 Å². The Bertz CT molecular complexity index is 993. The molecule has 1 amide bonds. The lowest BCUT2D eigenvalue weighted by Crippen LogP contribution is -2.28. The van der Waals surface area contributed by atoms with Crippen molar-refractivity contribution >= 4 is 16.8 Å². The Morgan fingerprint density at radius 3 is 2.88 bits per heavy atom. The summed E-state index contributed by atoms with van der Waals surface area (Å²) in [5.74, 6) is 0.00582. The molecule has 3 aromatic rings. The molecule has 5 heteroatoms. The molecular weight excluding hydrogens is 314 g/mol. The zero-order valence-corrected chi connectivity index (χ0v) is 13.8. The first-order chi connectivity index (χ1) is 12.2. The van der Waals surface area contributed by atoms with Gasteiger partial charge in [-0.2, -0.15) is 5.10 Å². The number of rotatable bonds is 4. The molecular formula is C20H19N3O2. The topological polar surface area (TPSA) is 64.0 Å². The van der Waals surface area contributed by atoms with Crippen molar-refractivity contribution in [1.82, 2.24) is 15.1 Å². The van der Waals surface area contributed by atoms with E-state index in [1.807, 2.05) is 30.3 Å². The Kier molecular flexibility index (Phi) is 4.06. The molecule has 0 fully saturated rings. The third-order valence-corrected chi connectivity index (χ3v) is 4.78. The Morgan fingerprint density at radius 1 is 1.16 bits per heavy atom. The maximum absolute atomic E-state index is 12.4. The van der Waals surface area contributed by atoms with Gasteiger partial charge >= 0.3 is 0 Å². The largest absolute Gasteiger partial charge is 0.349 e. The van der Waals surface area contributed by atoms with E-state index in [1.54, 1.807) is 10.7 Å². The maximum Gasteiger partial charge on any atom is 0.222 e. The monoisotopic (exact) mass is 333 g/mol. The Morgan fingerprint density at radius 2 is 1.96 bits per heavy atom. The lowest BCUT2D eigenvalue weighted by atomic mass is 10.1. The Labute approximate surface area is 145 Å². The second-order valence-electron chi connectivity index (χ2n) is 6.36. The van der Waals surface area contributed by atoms with Gasteiger partial charge in [0.1, 0.15) is 0 Å². The smallest absolute Gasteiger partial charge is 0.222 e.